The lowest BCUT2D eigenvalue weighted by atomic mass is 10.1. The molecule has 3 aromatic rings. The lowest BCUT2D eigenvalue weighted by Gasteiger charge is -2.30. The van der Waals surface area contributed by atoms with Crippen molar-refractivity contribution in [1.29, 1.82) is 0 Å². The molecule has 0 spiro atoms. The molecule has 0 radical (unpaired) electrons. The highest BCUT2D eigenvalue weighted by atomic mass is 32.1. The number of aromatic nitrogens is 2. The van der Waals surface area contributed by atoms with Gasteiger partial charge in [-0.25, -0.2) is 14.8 Å². The molecular weight excluding hydrogens is 388 g/mol. The van der Waals surface area contributed by atoms with Gasteiger partial charge in [0.05, 0.1) is 19.0 Å². The van der Waals surface area contributed by atoms with Crippen LogP contribution in [0.3, 0.4) is 0 Å². The summed E-state index contributed by atoms with van der Waals surface area (Å²) in [7, 11) is 1.65. The second kappa shape index (κ2) is 7.51. The van der Waals surface area contributed by atoms with Gasteiger partial charge < -0.3 is 19.7 Å². The summed E-state index contributed by atoms with van der Waals surface area (Å²) in [6.45, 7) is 6.79. The minimum Gasteiger partial charge on any atom is -0.497 e. The number of benzene rings is 1. The molecule has 3 heterocycles. The molecule has 1 amide bonds. The SMILES string of the molecule is COc1cccc(Nc2ncnc3sc4c(c23)CCN(C(=O)OC(C)(C)C)C4)c1. The van der Waals surface area contributed by atoms with Crippen LogP contribution in [0.2, 0.25) is 0 Å². The summed E-state index contributed by atoms with van der Waals surface area (Å²) in [5.41, 5.74) is 1.60. The van der Waals surface area contributed by atoms with E-state index in [1.807, 2.05) is 45.0 Å². The summed E-state index contributed by atoms with van der Waals surface area (Å²) in [4.78, 5) is 25.2. The van der Waals surface area contributed by atoms with E-state index >= 15 is 0 Å². The van der Waals surface area contributed by atoms with Gasteiger partial charge in [0.15, 0.2) is 0 Å². The zero-order chi connectivity index (χ0) is 20.6. The quantitative estimate of drug-likeness (QED) is 0.670. The number of rotatable bonds is 3. The first-order valence-electron chi connectivity index (χ1n) is 9.48. The fourth-order valence-electron chi connectivity index (χ4n) is 3.34. The van der Waals surface area contributed by atoms with Crippen LogP contribution in [0.15, 0.2) is 30.6 Å². The second-order valence-electron chi connectivity index (χ2n) is 7.92. The van der Waals surface area contributed by atoms with Gasteiger partial charge in [0.1, 0.15) is 28.3 Å². The van der Waals surface area contributed by atoms with Crippen LogP contribution in [0.25, 0.3) is 10.2 Å². The Morgan fingerprint density at radius 3 is 2.86 bits per heavy atom. The minimum absolute atomic E-state index is 0.276. The molecule has 1 aromatic carbocycles. The molecule has 2 aromatic heterocycles. The van der Waals surface area contributed by atoms with Gasteiger partial charge >= 0.3 is 6.09 Å². The van der Waals surface area contributed by atoms with Crippen molar-refractivity contribution in [2.75, 3.05) is 19.0 Å². The first-order valence-corrected chi connectivity index (χ1v) is 10.3. The molecule has 7 nitrogen and oxygen atoms in total. The zero-order valence-corrected chi connectivity index (χ0v) is 17.8. The summed E-state index contributed by atoms with van der Waals surface area (Å²) in [6.07, 6.45) is 2.04. The van der Waals surface area contributed by atoms with E-state index in [-0.39, 0.29) is 6.09 Å². The topological polar surface area (TPSA) is 76.6 Å². The maximum atomic E-state index is 12.5. The lowest BCUT2D eigenvalue weighted by Crippen LogP contribution is -2.39. The maximum absolute atomic E-state index is 12.5. The molecule has 0 bridgehead atoms. The number of thiophene rings is 1. The van der Waals surface area contributed by atoms with E-state index in [2.05, 4.69) is 15.3 Å². The van der Waals surface area contributed by atoms with E-state index in [0.29, 0.717) is 13.1 Å². The summed E-state index contributed by atoms with van der Waals surface area (Å²) < 4.78 is 10.8. The van der Waals surface area contributed by atoms with Crippen LogP contribution in [-0.2, 0) is 17.7 Å². The fraction of sp³-hybridized carbons (Fsp3) is 0.381. The van der Waals surface area contributed by atoms with Crippen LogP contribution >= 0.6 is 11.3 Å². The van der Waals surface area contributed by atoms with E-state index in [1.165, 1.54) is 5.56 Å². The van der Waals surface area contributed by atoms with Crippen molar-refractivity contribution in [3.8, 4) is 5.75 Å². The number of nitrogens with zero attached hydrogens (tertiary/aromatic N) is 3. The third-order valence-corrected chi connectivity index (χ3v) is 5.75. The van der Waals surface area contributed by atoms with Crippen LogP contribution in [0.4, 0.5) is 16.3 Å². The Hall–Kier alpha value is -2.87. The first-order chi connectivity index (χ1) is 13.8. The van der Waals surface area contributed by atoms with Crippen LogP contribution in [0.5, 0.6) is 5.75 Å². The van der Waals surface area contributed by atoms with Crippen molar-refractivity contribution < 1.29 is 14.3 Å². The standard InChI is InChI=1S/C21H24N4O3S/c1-21(2,3)28-20(26)25-9-8-15-16(11-25)29-19-17(15)18(22-12-23-19)24-13-6-5-7-14(10-13)27-4/h5-7,10,12H,8-9,11H2,1-4H3,(H,22,23,24). The molecule has 0 aliphatic carbocycles. The molecule has 0 unspecified atom stereocenters. The molecule has 1 N–H and O–H groups in total. The number of anilines is 2. The Labute approximate surface area is 173 Å². The molecule has 8 heteroatoms. The number of nitrogens with one attached hydrogen (secondary N) is 1. The van der Waals surface area contributed by atoms with E-state index in [4.69, 9.17) is 9.47 Å². The maximum Gasteiger partial charge on any atom is 0.410 e. The lowest BCUT2D eigenvalue weighted by molar-refractivity contribution is 0.0227. The van der Waals surface area contributed by atoms with Crippen molar-refractivity contribution in [2.45, 2.75) is 39.3 Å². The molecule has 0 saturated heterocycles. The molecular formula is C21H24N4O3S. The third-order valence-electron chi connectivity index (χ3n) is 4.62. The largest absolute Gasteiger partial charge is 0.497 e. The van der Waals surface area contributed by atoms with Gasteiger partial charge in [-0.3, -0.25) is 0 Å². The Kier molecular flexibility index (Phi) is 5.04. The van der Waals surface area contributed by atoms with Gasteiger partial charge in [0, 0.05) is 23.2 Å². The third kappa shape index (κ3) is 4.12. The Morgan fingerprint density at radius 1 is 1.28 bits per heavy atom. The second-order valence-corrected chi connectivity index (χ2v) is 9.00. The van der Waals surface area contributed by atoms with Crippen LogP contribution in [-0.4, -0.2) is 40.2 Å². The van der Waals surface area contributed by atoms with E-state index in [1.54, 1.807) is 29.7 Å². The molecule has 0 fully saturated rings. The Morgan fingerprint density at radius 2 is 2.10 bits per heavy atom. The van der Waals surface area contributed by atoms with Gasteiger partial charge in [0.25, 0.3) is 0 Å². The monoisotopic (exact) mass is 412 g/mol. The van der Waals surface area contributed by atoms with Gasteiger partial charge in [-0.05, 0) is 44.9 Å². The summed E-state index contributed by atoms with van der Waals surface area (Å²) in [6, 6.07) is 7.73. The van der Waals surface area contributed by atoms with Gasteiger partial charge in [0.2, 0.25) is 0 Å². The predicted molar refractivity (Wildman–Crippen MR) is 114 cm³/mol. The minimum atomic E-state index is -0.503. The first kappa shape index (κ1) is 19.4. The molecule has 0 atom stereocenters. The van der Waals surface area contributed by atoms with Gasteiger partial charge in [-0.15, -0.1) is 11.3 Å². The summed E-state index contributed by atoms with van der Waals surface area (Å²) in [5, 5.41) is 4.42. The number of hydrogen-bond donors (Lipinski definition) is 1. The summed E-state index contributed by atoms with van der Waals surface area (Å²) >= 11 is 1.61. The average molecular weight is 413 g/mol. The van der Waals surface area contributed by atoms with E-state index < -0.39 is 5.60 Å². The van der Waals surface area contributed by atoms with Crippen molar-refractivity contribution in [3.05, 3.63) is 41.0 Å². The Bertz CT molecular complexity index is 1060. The molecule has 4 rings (SSSR count). The van der Waals surface area contributed by atoms with E-state index in [9.17, 15) is 4.79 Å². The number of methoxy groups -OCH3 is 1. The summed E-state index contributed by atoms with van der Waals surface area (Å²) in [5.74, 6) is 1.55. The van der Waals surface area contributed by atoms with Crippen LogP contribution in [0.1, 0.15) is 31.2 Å². The molecule has 1 aliphatic heterocycles. The van der Waals surface area contributed by atoms with Crippen LogP contribution in [0, 0.1) is 0 Å². The highest BCUT2D eigenvalue weighted by molar-refractivity contribution is 7.19. The fourth-order valence-corrected chi connectivity index (χ4v) is 4.55. The highest BCUT2D eigenvalue weighted by Gasteiger charge is 2.29. The van der Waals surface area contributed by atoms with Crippen molar-refractivity contribution in [3.63, 3.8) is 0 Å². The van der Waals surface area contributed by atoms with Crippen molar-refractivity contribution in [2.24, 2.45) is 0 Å². The molecule has 29 heavy (non-hydrogen) atoms. The number of ether oxygens (including phenoxy) is 2. The van der Waals surface area contributed by atoms with Crippen LogP contribution < -0.4 is 10.1 Å². The normalized spacial score (nSPS) is 13.9. The number of fused-ring (bicyclic) bond motifs is 3. The van der Waals surface area contributed by atoms with Gasteiger partial charge in [-0.2, -0.15) is 0 Å². The number of hydrogen-bond acceptors (Lipinski definition) is 7. The smallest absolute Gasteiger partial charge is 0.410 e. The Balaban J connectivity index is 1.63. The number of amides is 1. The molecule has 0 saturated carbocycles. The highest BCUT2D eigenvalue weighted by Crippen LogP contribution is 2.38. The average Bonchev–Trinajstić information content (AvgIpc) is 3.05. The van der Waals surface area contributed by atoms with E-state index in [0.717, 1.165) is 38.8 Å². The number of carbonyl (C=O) groups is 1. The van der Waals surface area contributed by atoms with Crippen molar-refractivity contribution in [1.82, 2.24) is 14.9 Å². The van der Waals surface area contributed by atoms with Gasteiger partial charge in [-0.1, -0.05) is 6.07 Å². The number of carbonyl (C=O) groups excluding carboxylic acids is 1. The molecule has 152 valence electrons. The van der Waals surface area contributed by atoms with Crippen molar-refractivity contribution >= 4 is 39.2 Å². The zero-order valence-electron chi connectivity index (χ0n) is 17.0. The molecule has 1 aliphatic rings. The predicted octanol–water partition coefficient (Wildman–Crippen LogP) is 4.74.